The molecule has 2 aromatic carbocycles. The Morgan fingerprint density at radius 1 is 1.29 bits per heavy atom. The highest BCUT2D eigenvalue weighted by Gasteiger charge is 2.16. The van der Waals surface area contributed by atoms with Crippen LogP contribution in [0.4, 0.5) is 20.2 Å². The molecule has 0 aliphatic rings. The molecule has 110 valence electrons. The molecular formula is C14H11BrF2N2O2. The predicted molar refractivity (Wildman–Crippen MR) is 79.4 cm³/mol. The molecule has 0 radical (unpaired) electrons. The maximum Gasteiger partial charge on any atom is 0.257 e. The molecule has 0 saturated carbocycles. The number of anilines is 2. The third-order valence-corrected chi connectivity index (χ3v) is 3.40. The first-order chi connectivity index (χ1) is 9.93. The van der Waals surface area contributed by atoms with Gasteiger partial charge < -0.3 is 15.8 Å². The molecule has 4 nitrogen and oxygen atoms in total. The number of ether oxygens (including phenoxy) is 1. The van der Waals surface area contributed by atoms with Gasteiger partial charge in [-0.2, -0.15) is 0 Å². The summed E-state index contributed by atoms with van der Waals surface area (Å²) in [6.07, 6.45) is 0. The molecule has 0 unspecified atom stereocenters. The lowest BCUT2D eigenvalue weighted by Gasteiger charge is -2.11. The van der Waals surface area contributed by atoms with Gasteiger partial charge in [0.2, 0.25) is 0 Å². The molecule has 0 saturated heterocycles. The number of hydrogen-bond acceptors (Lipinski definition) is 3. The van der Waals surface area contributed by atoms with Crippen molar-refractivity contribution in [3.63, 3.8) is 0 Å². The topological polar surface area (TPSA) is 64.3 Å². The van der Waals surface area contributed by atoms with Crippen LogP contribution < -0.4 is 15.8 Å². The van der Waals surface area contributed by atoms with E-state index in [2.05, 4.69) is 21.2 Å². The quantitative estimate of drug-likeness (QED) is 0.652. The zero-order valence-corrected chi connectivity index (χ0v) is 12.5. The molecule has 2 rings (SSSR count). The zero-order valence-electron chi connectivity index (χ0n) is 10.9. The van der Waals surface area contributed by atoms with E-state index in [1.54, 1.807) is 12.1 Å². The van der Waals surface area contributed by atoms with Gasteiger partial charge in [0.05, 0.1) is 28.5 Å². The standard InChI is InChI=1S/C14H11BrF2N2O2/c1-21-12-4-2-3-7(13(12)18)14(20)19-11-6-9(16)8(15)5-10(11)17/h2-6H,18H2,1H3,(H,19,20). The Morgan fingerprint density at radius 2 is 2.00 bits per heavy atom. The second kappa shape index (κ2) is 6.09. The van der Waals surface area contributed by atoms with Crippen molar-refractivity contribution < 1.29 is 18.3 Å². The second-order valence-electron chi connectivity index (χ2n) is 4.12. The Hall–Kier alpha value is -2.15. The number of rotatable bonds is 3. The minimum Gasteiger partial charge on any atom is -0.495 e. The third kappa shape index (κ3) is 3.13. The molecule has 0 atom stereocenters. The van der Waals surface area contributed by atoms with Gasteiger partial charge in [-0.1, -0.05) is 6.07 Å². The molecule has 2 aromatic rings. The Balaban J connectivity index is 2.33. The molecule has 0 aromatic heterocycles. The van der Waals surface area contributed by atoms with Crippen molar-refractivity contribution in [1.29, 1.82) is 0 Å². The van der Waals surface area contributed by atoms with Gasteiger partial charge in [0.15, 0.2) is 0 Å². The molecular weight excluding hydrogens is 346 g/mol. The molecule has 0 aliphatic carbocycles. The molecule has 1 amide bonds. The van der Waals surface area contributed by atoms with Gasteiger partial charge in [-0.15, -0.1) is 0 Å². The Bertz CT molecular complexity index is 708. The second-order valence-corrected chi connectivity index (χ2v) is 4.98. The summed E-state index contributed by atoms with van der Waals surface area (Å²) in [7, 11) is 1.41. The van der Waals surface area contributed by atoms with Gasteiger partial charge in [-0.05, 0) is 34.1 Å². The van der Waals surface area contributed by atoms with E-state index in [1.165, 1.54) is 13.2 Å². The molecule has 0 fully saturated rings. The summed E-state index contributed by atoms with van der Waals surface area (Å²) in [5, 5.41) is 2.28. The summed E-state index contributed by atoms with van der Waals surface area (Å²) in [6.45, 7) is 0. The first-order valence-electron chi connectivity index (χ1n) is 5.82. The highest BCUT2D eigenvalue weighted by Crippen LogP contribution is 2.27. The van der Waals surface area contributed by atoms with Crippen LogP contribution in [-0.2, 0) is 0 Å². The van der Waals surface area contributed by atoms with Crippen LogP contribution in [0.5, 0.6) is 5.75 Å². The average Bonchev–Trinajstić information content (AvgIpc) is 2.44. The Morgan fingerprint density at radius 3 is 2.67 bits per heavy atom. The van der Waals surface area contributed by atoms with E-state index in [4.69, 9.17) is 10.5 Å². The fourth-order valence-corrected chi connectivity index (χ4v) is 2.04. The highest BCUT2D eigenvalue weighted by molar-refractivity contribution is 9.10. The van der Waals surface area contributed by atoms with E-state index in [0.717, 1.165) is 12.1 Å². The Kier molecular flexibility index (Phi) is 4.42. The van der Waals surface area contributed by atoms with Crippen LogP contribution in [0, 0.1) is 11.6 Å². The number of nitrogens with one attached hydrogen (secondary N) is 1. The van der Waals surface area contributed by atoms with Gasteiger partial charge in [-0.3, -0.25) is 4.79 Å². The van der Waals surface area contributed by atoms with Crippen molar-refractivity contribution in [3.8, 4) is 5.75 Å². The van der Waals surface area contributed by atoms with Gasteiger partial charge >= 0.3 is 0 Å². The Labute approximate surface area is 128 Å². The van der Waals surface area contributed by atoms with Gasteiger partial charge in [-0.25, -0.2) is 8.78 Å². The van der Waals surface area contributed by atoms with Crippen LogP contribution in [-0.4, -0.2) is 13.0 Å². The molecule has 3 N–H and O–H groups in total. The molecule has 0 heterocycles. The van der Waals surface area contributed by atoms with Gasteiger partial charge in [0.25, 0.3) is 5.91 Å². The van der Waals surface area contributed by atoms with Gasteiger partial charge in [0, 0.05) is 6.07 Å². The van der Waals surface area contributed by atoms with Crippen molar-refractivity contribution in [2.24, 2.45) is 0 Å². The van der Waals surface area contributed by atoms with Crippen LogP contribution in [0.3, 0.4) is 0 Å². The lowest BCUT2D eigenvalue weighted by molar-refractivity contribution is 0.102. The zero-order chi connectivity index (χ0) is 15.6. The van der Waals surface area contributed by atoms with Gasteiger partial charge in [0.1, 0.15) is 17.4 Å². The van der Waals surface area contributed by atoms with E-state index in [1.807, 2.05) is 0 Å². The van der Waals surface area contributed by atoms with Crippen LogP contribution in [0.15, 0.2) is 34.8 Å². The summed E-state index contributed by atoms with van der Waals surface area (Å²) in [4.78, 5) is 12.1. The van der Waals surface area contributed by atoms with E-state index >= 15 is 0 Å². The SMILES string of the molecule is COc1cccc(C(=O)Nc2cc(F)c(Br)cc2F)c1N. The molecule has 0 aliphatic heterocycles. The van der Waals surface area contributed by atoms with Crippen LogP contribution >= 0.6 is 15.9 Å². The number of nitrogens with two attached hydrogens (primary N) is 1. The number of carbonyl (C=O) groups is 1. The van der Waals surface area contributed by atoms with E-state index < -0.39 is 17.5 Å². The van der Waals surface area contributed by atoms with Crippen molar-refractivity contribution in [1.82, 2.24) is 0 Å². The number of carbonyl (C=O) groups excluding carboxylic acids is 1. The number of benzene rings is 2. The predicted octanol–water partition coefficient (Wildman–Crippen LogP) is 3.57. The summed E-state index contributed by atoms with van der Waals surface area (Å²) >= 11 is 2.86. The summed E-state index contributed by atoms with van der Waals surface area (Å²) in [5.41, 5.74) is 5.73. The fourth-order valence-electron chi connectivity index (χ4n) is 1.73. The van der Waals surface area contributed by atoms with Crippen LogP contribution in [0.25, 0.3) is 0 Å². The number of para-hydroxylation sites is 1. The average molecular weight is 357 g/mol. The maximum absolute atomic E-state index is 13.7. The van der Waals surface area contributed by atoms with Crippen LogP contribution in [0.1, 0.15) is 10.4 Å². The molecule has 0 spiro atoms. The van der Waals surface area contributed by atoms with Crippen molar-refractivity contribution in [2.75, 3.05) is 18.2 Å². The number of hydrogen-bond donors (Lipinski definition) is 2. The monoisotopic (exact) mass is 356 g/mol. The summed E-state index contributed by atoms with van der Waals surface area (Å²) in [6, 6.07) is 6.43. The largest absolute Gasteiger partial charge is 0.495 e. The van der Waals surface area contributed by atoms with Crippen molar-refractivity contribution in [2.45, 2.75) is 0 Å². The molecule has 7 heteroatoms. The first kappa shape index (κ1) is 15.2. The fraction of sp³-hybridized carbons (Fsp3) is 0.0714. The maximum atomic E-state index is 13.7. The lowest BCUT2D eigenvalue weighted by Crippen LogP contribution is -2.15. The first-order valence-corrected chi connectivity index (χ1v) is 6.61. The number of nitrogen functional groups attached to an aromatic ring is 1. The normalized spacial score (nSPS) is 10.3. The lowest BCUT2D eigenvalue weighted by atomic mass is 10.1. The number of methoxy groups -OCH3 is 1. The van der Waals surface area contributed by atoms with E-state index in [0.29, 0.717) is 5.75 Å². The minimum atomic E-state index is -0.766. The molecule has 21 heavy (non-hydrogen) atoms. The third-order valence-electron chi connectivity index (χ3n) is 2.79. The van der Waals surface area contributed by atoms with Crippen molar-refractivity contribution >= 4 is 33.2 Å². The van der Waals surface area contributed by atoms with Crippen molar-refractivity contribution in [3.05, 3.63) is 52.0 Å². The van der Waals surface area contributed by atoms with E-state index in [-0.39, 0.29) is 21.4 Å². The molecule has 0 bridgehead atoms. The number of amides is 1. The summed E-state index contributed by atoms with van der Waals surface area (Å²) < 4.78 is 32.1. The smallest absolute Gasteiger partial charge is 0.257 e. The van der Waals surface area contributed by atoms with Crippen LogP contribution in [0.2, 0.25) is 0 Å². The number of halogens is 3. The van der Waals surface area contributed by atoms with E-state index in [9.17, 15) is 13.6 Å². The highest BCUT2D eigenvalue weighted by atomic mass is 79.9. The minimum absolute atomic E-state index is 0.0288. The summed E-state index contributed by atoms with van der Waals surface area (Å²) in [5.74, 6) is -1.79.